The number of hydrogen-bond acceptors (Lipinski definition) is 4. The topological polar surface area (TPSA) is 41.9 Å². The van der Waals surface area contributed by atoms with Gasteiger partial charge in [-0.25, -0.2) is 0 Å². The van der Waals surface area contributed by atoms with Gasteiger partial charge in [-0.05, 0) is 36.1 Å². The molecule has 3 atom stereocenters. The van der Waals surface area contributed by atoms with Crippen LogP contribution >= 0.6 is 0 Å². The molecular weight excluding hydrogens is 266 g/mol. The van der Waals surface area contributed by atoms with Gasteiger partial charge >= 0.3 is 0 Å². The number of rotatable bonds is 2. The Hall–Kier alpha value is -1.52. The summed E-state index contributed by atoms with van der Waals surface area (Å²) in [6.07, 6.45) is 3.84. The van der Waals surface area contributed by atoms with E-state index >= 15 is 0 Å². The fourth-order valence-electron chi connectivity index (χ4n) is 4.26. The van der Waals surface area contributed by atoms with Crippen LogP contribution in [0.4, 0.5) is 0 Å². The van der Waals surface area contributed by atoms with Gasteiger partial charge in [-0.3, -0.25) is 4.90 Å². The maximum atomic E-state index is 10.6. The first-order chi connectivity index (χ1) is 10.2. The molecule has 0 aromatic heterocycles. The molecule has 2 aliphatic heterocycles. The van der Waals surface area contributed by atoms with E-state index in [1.54, 1.807) is 14.2 Å². The van der Waals surface area contributed by atoms with Gasteiger partial charge < -0.3 is 14.6 Å². The molecule has 4 rings (SSSR count). The molecule has 0 bridgehead atoms. The molecule has 0 saturated carbocycles. The summed E-state index contributed by atoms with van der Waals surface area (Å²) in [5, 5.41) is 10.6. The van der Waals surface area contributed by atoms with Crippen LogP contribution < -0.4 is 9.47 Å². The SMILES string of the molecule is COc1cc2c(cc1OC)[C@H]1C3C(=CC[C@H]1O)CCN3C2. The van der Waals surface area contributed by atoms with Crippen LogP contribution in [0.3, 0.4) is 0 Å². The largest absolute Gasteiger partial charge is 0.493 e. The van der Waals surface area contributed by atoms with E-state index in [2.05, 4.69) is 23.1 Å². The van der Waals surface area contributed by atoms with E-state index in [1.807, 2.05) is 0 Å². The molecule has 1 aliphatic carbocycles. The van der Waals surface area contributed by atoms with Gasteiger partial charge in [-0.2, -0.15) is 0 Å². The third-order valence-corrected chi connectivity index (χ3v) is 5.22. The van der Waals surface area contributed by atoms with Gasteiger partial charge in [0.15, 0.2) is 11.5 Å². The molecule has 3 aliphatic rings. The van der Waals surface area contributed by atoms with E-state index in [9.17, 15) is 5.11 Å². The molecule has 1 aromatic rings. The Morgan fingerprint density at radius 3 is 2.71 bits per heavy atom. The van der Waals surface area contributed by atoms with Crippen LogP contribution in [0.2, 0.25) is 0 Å². The Morgan fingerprint density at radius 2 is 1.95 bits per heavy atom. The first-order valence-corrected chi connectivity index (χ1v) is 7.58. The number of hydrogen-bond donors (Lipinski definition) is 1. The van der Waals surface area contributed by atoms with Crippen LogP contribution in [0, 0.1) is 0 Å². The van der Waals surface area contributed by atoms with Crippen molar-refractivity contribution in [3.05, 3.63) is 34.9 Å². The van der Waals surface area contributed by atoms with Crippen molar-refractivity contribution >= 4 is 0 Å². The first kappa shape index (κ1) is 13.2. The van der Waals surface area contributed by atoms with Crippen molar-refractivity contribution in [1.82, 2.24) is 4.90 Å². The van der Waals surface area contributed by atoms with Gasteiger partial charge in [0.05, 0.1) is 20.3 Å². The van der Waals surface area contributed by atoms with Crippen LogP contribution in [0.15, 0.2) is 23.8 Å². The summed E-state index contributed by atoms with van der Waals surface area (Å²) in [5.74, 6) is 1.69. The number of ether oxygens (including phenoxy) is 2. The summed E-state index contributed by atoms with van der Waals surface area (Å²) in [4.78, 5) is 2.49. The highest BCUT2D eigenvalue weighted by Crippen LogP contribution is 2.48. The van der Waals surface area contributed by atoms with Crippen molar-refractivity contribution in [3.63, 3.8) is 0 Å². The molecule has 0 amide bonds. The molecule has 1 N–H and O–H groups in total. The quantitative estimate of drug-likeness (QED) is 0.846. The number of aliphatic hydroxyl groups is 1. The highest BCUT2D eigenvalue weighted by molar-refractivity contribution is 5.52. The Bertz CT molecular complexity index is 610. The van der Waals surface area contributed by atoms with E-state index in [-0.39, 0.29) is 12.0 Å². The van der Waals surface area contributed by atoms with Crippen LogP contribution in [0.1, 0.15) is 29.9 Å². The van der Waals surface area contributed by atoms with Gasteiger partial charge in [0, 0.05) is 25.0 Å². The van der Waals surface area contributed by atoms with Crippen LogP contribution in [-0.2, 0) is 6.54 Å². The van der Waals surface area contributed by atoms with Crippen LogP contribution in [0.5, 0.6) is 11.5 Å². The second-order valence-corrected chi connectivity index (χ2v) is 6.18. The van der Waals surface area contributed by atoms with Crippen molar-refractivity contribution in [2.45, 2.75) is 37.5 Å². The summed E-state index contributed by atoms with van der Waals surface area (Å²) in [7, 11) is 3.33. The third kappa shape index (κ3) is 1.82. The summed E-state index contributed by atoms with van der Waals surface area (Å²) in [5.41, 5.74) is 4.00. The van der Waals surface area contributed by atoms with Crippen molar-refractivity contribution in [2.75, 3.05) is 20.8 Å². The number of nitrogens with zero attached hydrogens (tertiary/aromatic N) is 1. The fraction of sp³-hybridized carbons (Fsp3) is 0.529. The smallest absolute Gasteiger partial charge is 0.161 e. The molecule has 112 valence electrons. The third-order valence-electron chi connectivity index (χ3n) is 5.22. The highest BCUT2D eigenvalue weighted by atomic mass is 16.5. The Kier molecular flexibility index (Phi) is 2.98. The van der Waals surface area contributed by atoms with Gasteiger partial charge in [0.25, 0.3) is 0 Å². The van der Waals surface area contributed by atoms with Gasteiger partial charge in [-0.1, -0.05) is 11.6 Å². The normalized spacial score (nSPS) is 30.4. The van der Waals surface area contributed by atoms with E-state index < -0.39 is 0 Å². The van der Waals surface area contributed by atoms with Crippen molar-refractivity contribution < 1.29 is 14.6 Å². The van der Waals surface area contributed by atoms with Crippen molar-refractivity contribution in [1.29, 1.82) is 0 Å². The standard InChI is InChI=1S/C17H21NO3/c1-20-14-7-11-9-18-6-5-10-3-4-13(19)16(17(10)18)12(11)8-15(14)21-2/h3,7-8,13,16-17,19H,4-6,9H2,1-2H3/t13-,16-,17?/m1/s1. The maximum absolute atomic E-state index is 10.6. The molecule has 4 nitrogen and oxygen atoms in total. The molecule has 21 heavy (non-hydrogen) atoms. The minimum Gasteiger partial charge on any atom is -0.493 e. The summed E-state index contributed by atoms with van der Waals surface area (Å²) in [6, 6.07) is 4.52. The number of methoxy groups -OCH3 is 2. The maximum Gasteiger partial charge on any atom is 0.161 e. The monoisotopic (exact) mass is 287 g/mol. The minimum absolute atomic E-state index is 0.163. The lowest BCUT2D eigenvalue weighted by Gasteiger charge is -2.43. The average Bonchev–Trinajstić information content (AvgIpc) is 2.92. The Morgan fingerprint density at radius 1 is 1.19 bits per heavy atom. The summed E-state index contributed by atoms with van der Waals surface area (Å²) >= 11 is 0. The van der Waals surface area contributed by atoms with E-state index in [1.165, 1.54) is 16.7 Å². The van der Waals surface area contributed by atoms with Crippen LogP contribution in [-0.4, -0.2) is 42.9 Å². The molecule has 1 unspecified atom stereocenters. The zero-order chi connectivity index (χ0) is 14.6. The lowest BCUT2D eigenvalue weighted by molar-refractivity contribution is 0.0828. The Balaban J connectivity index is 1.86. The molecule has 0 radical (unpaired) electrons. The fourth-order valence-corrected chi connectivity index (χ4v) is 4.26. The zero-order valence-electron chi connectivity index (χ0n) is 12.5. The zero-order valence-corrected chi connectivity index (χ0v) is 12.5. The van der Waals surface area contributed by atoms with Gasteiger partial charge in [0.1, 0.15) is 0 Å². The minimum atomic E-state index is -0.309. The van der Waals surface area contributed by atoms with E-state index in [0.717, 1.165) is 37.4 Å². The van der Waals surface area contributed by atoms with Crippen molar-refractivity contribution in [3.8, 4) is 11.5 Å². The second kappa shape index (κ2) is 4.75. The lowest BCUT2D eigenvalue weighted by Crippen LogP contribution is -2.45. The van der Waals surface area contributed by atoms with E-state index in [0.29, 0.717) is 6.04 Å². The average molecular weight is 287 g/mol. The molecule has 2 heterocycles. The van der Waals surface area contributed by atoms with Crippen LogP contribution in [0.25, 0.3) is 0 Å². The van der Waals surface area contributed by atoms with Gasteiger partial charge in [0.2, 0.25) is 0 Å². The molecule has 4 heteroatoms. The van der Waals surface area contributed by atoms with Gasteiger partial charge in [-0.15, -0.1) is 0 Å². The molecule has 1 saturated heterocycles. The number of aliphatic hydroxyl groups excluding tert-OH is 1. The van der Waals surface area contributed by atoms with Crippen molar-refractivity contribution in [2.24, 2.45) is 0 Å². The summed E-state index contributed by atoms with van der Waals surface area (Å²) in [6.45, 7) is 2.02. The number of benzene rings is 1. The predicted octanol–water partition coefficient (Wildman–Crippen LogP) is 2.07. The van der Waals surface area contributed by atoms with E-state index in [4.69, 9.17) is 9.47 Å². The molecule has 1 fully saturated rings. The second-order valence-electron chi connectivity index (χ2n) is 6.18. The Labute approximate surface area is 125 Å². The molecule has 0 spiro atoms. The molecule has 1 aromatic carbocycles. The first-order valence-electron chi connectivity index (χ1n) is 7.58. The predicted molar refractivity (Wildman–Crippen MR) is 79.8 cm³/mol. The number of fused-ring (bicyclic) bond motifs is 2. The highest BCUT2D eigenvalue weighted by Gasteiger charge is 2.45. The summed E-state index contributed by atoms with van der Waals surface area (Å²) < 4.78 is 10.9. The molecular formula is C17H21NO3. The lowest BCUT2D eigenvalue weighted by atomic mass is 9.74.